The van der Waals surface area contributed by atoms with Crippen LogP contribution >= 0.6 is 0 Å². The van der Waals surface area contributed by atoms with Gasteiger partial charge in [0.15, 0.2) is 0 Å². The van der Waals surface area contributed by atoms with Gasteiger partial charge >= 0.3 is 109 Å². The third-order valence-electron chi connectivity index (χ3n) is 0. The van der Waals surface area contributed by atoms with Crippen molar-refractivity contribution in [3.05, 3.63) is 0 Å². The van der Waals surface area contributed by atoms with E-state index in [1.807, 2.05) is 0 Å². The molecule has 0 saturated carbocycles. The third kappa shape index (κ3) is 2600. The molecule has 0 fully saturated rings. The second kappa shape index (κ2) is 6.65. The van der Waals surface area contributed by atoms with Gasteiger partial charge in [0, 0.05) is 0 Å². The van der Waals surface area contributed by atoms with Crippen LogP contribution in [0.2, 0.25) is 0 Å². The Morgan fingerprint density at radius 3 is 0.208 bits per heavy atom. The molecule has 168 valence electrons. The van der Waals surface area contributed by atoms with Gasteiger partial charge < -0.3 is 0 Å². The van der Waals surface area contributed by atoms with Crippen molar-refractivity contribution >= 4 is 98.9 Å². The van der Waals surface area contributed by atoms with E-state index in [-0.39, 0.29) is 40.5 Å². The molecule has 0 aromatic rings. The molecule has 0 aliphatic carbocycles. The van der Waals surface area contributed by atoms with Crippen molar-refractivity contribution < 1.29 is 50.6 Å². The van der Waals surface area contributed by atoms with Crippen LogP contribution in [0.25, 0.3) is 0 Å². The number of rotatable bonds is 0. The SMILES string of the molecule is [F][Sb-]([F])([F])([F])([F])[F].[F][Sb-]([F])([F])([F])([F])[F].[F][Sb-]([F])([F])([F])([F])[F].[SH3+].[SH3+].[SH3+]. The molecule has 0 aliphatic rings. The summed E-state index contributed by atoms with van der Waals surface area (Å²) in [5.74, 6) is 0. The monoisotopic (exact) mass is 810 g/mol. The Morgan fingerprint density at radius 2 is 0.208 bits per heavy atom. The third-order valence-corrected chi connectivity index (χ3v) is 0. The Morgan fingerprint density at radius 1 is 0.208 bits per heavy atom. The Hall–Kier alpha value is 2.24. The standard InChI is InChI=1S/18FH.3H2S.3Sb/h18*1H;3*1H2;;;/q;;;;;;;;;;;;;;;;;;;;;3*+5/p-15. The van der Waals surface area contributed by atoms with Gasteiger partial charge in [0.2, 0.25) is 0 Å². The van der Waals surface area contributed by atoms with Gasteiger partial charge in [-0.2, -0.15) is 0 Å². The molecule has 0 aromatic heterocycles. The summed E-state index contributed by atoms with van der Waals surface area (Å²) in [4.78, 5) is 0. The normalized spacial score (nSPS) is 20.2. The maximum atomic E-state index is 9.93. The minimum atomic E-state index is -11.2. The topological polar surface area (TPSA) is 0 Å². The smallest absolute Gasteiger partial charge is 0.0576 e. The summed E-state index contributed by atoms with van der Waals surface area (Å²) in [6, 6.07) is 0. The molecule has 0 heterocycles. The molecule has 0 amide bonds. The largest absolute Gasteiger partial charge is 0.0576 e. The summed E-state index contributed by atoms with van der Waals surface area (Å²) < 4.78 is 179. The molecule has 0 aromatic carbocycles. The molecule has 0 saturated heterocycles. The van der Waals surface area contributed by atoms with Crippen molar-refractivity contribution in [1.29, 1.82) is 0 Å². The van der Waals surface area contributed by atoms with Crippen LogP contribution in [0.3, 0.4) is 0 Å². The van der Waals surface area contributed by atoms with Crippen LogP contribution in [0.15, 0.2) is 0 Å². The molecule has 0 unspecified atom stereocenters. The van der Waals surface area contributed by atoms with Gasteiger partial charge in [-0.15, -0.1) is 0 Å². The molecule has 0 bridgehead atoms. The Labute approximate surface area is 148 Å². The number of halogens is 18. The first kappa shape index (κ1) is 40.8. The number of hydrogen-bond acceptors (Lipinski definition) is 0. The van der Waals surface area contributed by atoms with Crippen molar-refractivity contribution in [2.45, 2.75) is 0 Å². The first-order valence-electron chi connectivity index (χ1n) is 3.04. The zero-order chi connectivity index (χ0) is 19.2. The summed E-state index contributed by atoms with van der Waals surface area (Å²) in [6.07, 6.45) is 0. The molecule has 0 nitrogen and oxygen atoms in total. The quantitative estimate of drug-likeness (QED) is 0.198. The Balaban J connectivity index is -0.0000000476. The van der Waals surface area contributed by atoms with Crippen molar-refractivity contribution in [2.75, 3.05) is 0 Å². The zero-order valence-electron chi connectivity index (χ0n) is 9.88. The fourth-order valence-corrected chi connectivity index (χ4v) is 0. The average molecular weight is 813 g/mol. The van der Waals surface area contributed by atoms with E-state index in [1.165, 1.54) is 0 Å². The average Bonchev–Trinajstić information content (AvgIpc) is 1.19. The Kier molecular flexibility index (Phi) is 11.3. The predicted molar refractivity (Wildman–Crippen MR) is 71.9 cm³/mol. The first-order valence-corrected chi connectivity index (χ1v) is 20.4. The van der Waals surface area contributed by atoms with Crippen LogP contribution < -0.4 is 0 Å². The van der Waals surface area contributed by atoms with Gasteiger partial charge in [-0.3, -0.25) is 0 Å². The molecule has 0 radical (unpaired) electrons. The number of hydrogen-bond donors (Lipinski definition) is 0. The van der Waals surface area contributed by atoms with Crippen LogP contribution in [-0.2, 0) is 40.5 Å². The molecular weight excluding hydrogens is 803 g/mol. The van der Waals surface area contributed by atoms with E-state index in [0.717, 1.165) is 0 Å². The van der Waals surface area contributed by atoms with E-state index in [0.29, 0.717) is 0 Å². The van der Waals surface area contributed by atoms with Crippen LogP contribution in [0, 0.1) is 0 Å². The summed E-state index contributed by atoms with van der Waals surface area (Å²) in [6.45, 7) is 0. The van der Waals surface area contributed by atoms with Crippen molar-refractivity contribution in [3.8, 4) is 0 Å². The first-order chi connectivity index (χ1) is 7.35. The van der Waals surface area contributed by atoms with Gasteiger partial charge in [-0.1, -0.05) is 40.5 Å². The Bertz CT molecular complexity index is 273. The summed E-state index contributed by atoms with van der Waals surface area (Å²) >= 11 is -33.8. The minimum absolute atomic E-state index is 0. The fourth-order valence-electron chi connectivity index (χ4n) is 0. The van der Waals surface area contributed by atoms with E-state index in [4.69, 9.17) is 0 Å². The van der Waals surface area contributed by atoms with Gasteiger partial charge in [-0.05, 0) is 0 Å². The summed E-state index contributed by atoms with van der Waals surface area (Å²) in [5, 5.41) is 0. The van der Waals surface area contributed by atoms with E-state index in [9.17, 15) is 50.6 Å². The van der Waals surface area contributed by atoms with E-state index >= 15 is 0 Å². The van der Waals surface area contributed by atoms with E-state index < -0.39 is 58.4 Å². The van der Waals surface area contributed by atoms with Crippen molar-refractivity contribution in [2.24, 2.45) is 0 Å². The molecule has 0 spiro atoms. The minimum Gasteiger partial charge on any atom is -0.0576 e. The van der Waals surface area contributed by atoms with Crippen LogP contribution in [0.1, 0.15) is 0 Å². The molecule has 24 heteroatoms. The second-order valence-electron chi connectivity index (χ2n) is 2.87. The van der Waals surface area contributed by atoms with Crippen LogP contribution in [0.4, 0.5) is 50.6 Å². The maximum Gasteiger partial charge on any atom is -0.0576 e. The van der Waals surface area contributed by atoms with Crippen molar-refractivity contribution in [3.63, 3.8) is 0 Å². The van der Waals surface area contributed by atoms with Gasteiger partial charge in [0.1, 0.15) is 0 Å². The predicted octanol–water partition coefficient (Wildman–Crippen LogP) is 4.00. The van der Waals surface area contributed by atoms with Crippen LogP contribution in [0.5, 0.6) is 0 Å². The summed E-state index contributed by atoms with van der Waals surface area (Å²) in [7, 11) is 0. The van der Waals surface area contributed by atoms with Gasteiger partial charge in [-0.25, -0.2) is 0 Å². The molecule has 0 atom stereocenters. The zero-order valence-corrected chi connectivity index (χ0v) is 21.0. The summed E-state index contributed by atoms with van der Waals surface area (Å²) in [5.41, 5.74) is 0. The van der Waals surface area contributed by atoms with Crippen LogP contribution in [-0.4, -0.2) is 58.4 Å². The van der Waals surface area contributed by atoms with Gasteiger partial charge in [0.25, 0.3) is 0 Å². The second-order valence-corrected chi connectivity index (χ2v) is 19.3. The molecular formula is H9F18S3Sb3. The van der Waals surface area contributed by atoms with E-state index in [1.54, 1.807) is 0 Å². The maximum absolute atomic E-state index is 11.2. The molecule has 0 rings (SSSR count). The molecule has 24 heavy (non-hydrogen) atoms. The molecule has 0 N–H and O–H groups in total. The fraction of sp³-hybridized carbons (Fsp3) is 0. The van der Waals surface area contributed by atoms with E-state index in [2.05, 4.69) is 0 Å². The van der Waals surface area contributed by atoms with Gasteiger partial charge in [0.05, 0.1) is 0 Å². The molecule has 0 aliphatic heterocycles. The van der Waals surface area contributed by atoms with Crippen molar-refractivity contribution in [1.82, 2.24) is 0 Å².